The summed E-state index contributed by atoms with van der Waals surface area (Å²) in [4.78, 5) is 26.9. The van der Waals surface area contributed by atoms with E-state index in [9.17, 15) is 18.0 Å². The summed E-state index contributed by atoms with van der Waals surface area (Å²) in [6.07, 6.45) is 6.52. The number of halogens is 2. The first-order chi connectivity index (χ1) is 12.3. The van der Waals surface area contributed by atoms with E-state index in [1.54, 1.807) is 4.90 Å². The average molecular weight is 422 g/mol. The lowest BCUT2D eigenvalue weighted by Crippen LogP contribution is -2.50. The second kappa shape index (κ2) is 7.86. The Morgan fingerprint density at radius 1 is 1.19 bits per heavy atom. The lowest BCUT2D eigenvalue weighted by atomic mass is 9.93. The highest BCUT2D eigenvalue weighted by Gasteiger charge is 2.38. The molecular weight excluding hydrogens is 401 g/mol. The maximum Gasteiger partial charge on any atom is 0.287 e. The molecule has 1 saturated heterocycles. The van der Waals surface area contributed by atoms with Gasteiger partial charge < -0.3 is 4.90 Å². The number of aromatic nitrogens is 2. The Labute approximate surface area is 162 Å². The van der Waals surface area contributed by atoms with Crippen LogP contribution in [0.15, 0.2) is 11.0 Å². The van der Waals surface area contributed by atoms with Crippen LogP contribution in [0.3, 0.4) is 0 Å². The fourth-order valence-electron chi connectivity index (χ4n) is 3.83. The Bertz CT molecular complexity index is 850. The molecule has 3 rings (SSSR count). The van der Waals surface area contributed by atoms with E-state index in [2.05, 4.69) is 5.10 Å². The Balaban J connectivity index is 1.85. The van der Waals surface area contributed by atoms with Crippen LogP contribution in [-0.4, -0.2) is 52.6 Å². The van der Waals surface area contributed by atoms with Crippen LogP contribution >= 0.6 is 23.2 Å². The Morgan fingerprint density at radius 3 is 2.50 bits per heavy atom. The van der Waals surface area contributed by atoms with Gasteiger partial charge in [-0.1, -0.05) is 42.5 Å². The van der Waals surface area contributed by atoms with Gasteiger partial charge in [-0.25, -0.2) is 13.1 Å². The fourth-order valence-corrected chi connectivity index (χ4v) is 5.81. The van der Waals surface area contributed by atoms with Crippen molar-refractivity contribution in [2.75, 3.05) is 11.5 Å². The van der Waals surface area contributed by atoms with Crippen molar-refractivity contribution in [1.29, 1.82) is 0 Å². The molecule has 2 fully saturated rings. The zero-order valence-corrected chi connectivity index (χ0v) is 16.6. The predicted molar refractivity (Wildman–Crippen MR) is 99.3 cm³/mol. The average Bonchev–Trinajstić information content (AvgIpc) is 2.96. The van der Waals surface area contributed by atoms with Crippen LogP contribution in [0.2, 0.25) is 10.0 Å². The number of nitrogens with zero attached hydrogens (tertiary/aromatic N) is 3. The smallest absolute Gasteiger partial charge is 0.287 e. The normalized spacial score (nSPS) is 23.1. The van der Waals surface area contributed by atoms with Gasteiger partial charge in [0.1, 0.15) is 11.6 Å². The van der Waals surface area contributed by atoms with E-state index in [4.69, 9.17) is 23.2 Å². The van der Waals surface area contributed by atoms with Gasteiger partial charge in [-0.15, -0.1) is 0 Å². The molecule has 1 amide bonds. The van der Waals surface area contributed by atoms with Crippen molar-refractivity contribution in [3.05, 3.63) is 26.6 Å². The maximum absolute atomic E-state index is 13.0. The molecule has 1 unspecified atom stereocenters. The first-order valence-corrected chi connectivity index (χ1v) is 11.3. The van der Waals surface area contributed by atoms with Gasteiger partial charge >= 0.3 is 0 Å². The van der Waals surface area contributed by atoms with Crippen molar-refractivity contribution in [3.63, 3.8) is 0 Å². The van der Waals surface area contributed by atoms with Crippen LogP contribution in [0.4, 0.5) is 0 Å². The summed E-state index contributed by atoms with van der Waals surface area (Å²) in [5.41, 5.74) is -0.629. The van der Waals surface area contributed by atoms with Gasteiger partial charge in [0.25, 0.3) is 5.56 Å². The first kappa shape index (κ1) is 19.6. The van der Waals surface area contributed by atoms with Crippen molar-refractivity contribution in [1.82, 2.24) is 14.7 Å². The molecule has 0 aromatic carbocycles. The third kappa shape index (κ3) is 4.23. The minimum absolute atomic E-state index is 0.00743. The summed E-state index contributed by atoms with van der Waals surface area (Å²) >= 11 is 11.6. The SMILES string of the molecule is O=C(Cn1ncc(Cl)c(Cl)c1=O)N(C1CCCCC1)C1CCS(=O)(=O)C1. The summed E-state index contributed by atoms with van der Waals surface area (Å²) in [6, 6.07) is -0.331. The van der Waals surface area contributed by atoms with Gasteiger partial charge in [-0.05, 0) is 19.3 Å². The molecule has 1 atom stereocenters. The molecule has 1 aliphatic heterocycles. The molecule has 1 saturated carbocycles. The van der Waals surface area contributed by atoms with E-state index in [1.165, 1.54) is 6.20 Å². The topological polar surface area (TPSA) is 89.3 Å². The summed E-state index contributed by atoms with van der Waals surface area (Å²) in [5, 5.41) is 3.74. The lowest BCUT2D eigenvalue weighted by Gasteiger charge is -2.38. The quantitative estimate of drug-likeness (QED) is 0.740. The highest BCUT2D eigenvalue weighted by Crippen LogP contribution is 2.28. The molecule has 2 aliphatic rings. The molecule has 26 heavy (non-hydrogen) atoms. The van der Waals surface area contributed by atoms with Crippen molar-refractivity contribution in [2.45, 2.75) is 57.2 Å². The van der Waals surface area contributed by atoms with E-state index >= 15 is 0 Å². The largest absolute Gasteiger partial charge is 0.334 e. The molecule has 2 heterocycles. The fraction of sp³-hybridized carbons (Fsp3) is 0.688. The standard InChI is InChI=1S/C16H21Cl2N3O4S/c17-13-8-19-20(16(23)15(13)18)9-14(22)21(11-4-2-1-3-5-11)12-6-7-26(24,25)10-12/h8,11-12H,1-7,9-10H2. The van der Waals surface area contributed by atoms with Crippen LogP contribution < -0.4 is 5.56 Å². The first-order valence-electron chi connectivity index (χ1n) is 8.71. The van der Waals surface area contributed by atoms with Gasteiger partial charge in [0, 0.05) is 12.1 Å². The molecule has 7 nitrogen and oxygen atoms in total. The number of hydrogen-bond donors (Lipinski definition) is 0. The summed E-state index contributed by atoms with van der Waals surface area (Å²) in [5.74, 6) is -0.218. The van der Waals surface area contributed by atoms with Gasteiger partial charge in [0.15, 0.2) is 9.84 Å². The van der Waals surface area contributed by atoms with Crippen molar-refractivity contribution in [3.8, 4) is 0 Å². The van der Waals surface area contributed by atoms with Crippen LogP contribution in [0.5, 0.6) is 0 Å². The number of carbonyl (C=O) groups excluding carboxylic acids is 1. The summed E-state index contributed by atoms with van der Waals surface area (Å²) in [7, 11) is -3.12. The molecule has 0 radical (unpaired) electrons. The molecule has 1 aliphatic carbocycles. The second-order valence-electron chi connectivity index (χ2n) is 6.92. The van der Waals surface area contributed by atoms with Crippen LogP contribution in [0.1, 0.15) is 38.5 Å². The van der Waals surface area contributed by atoms with E-state index < -0.39 is 15.4 Å². The number of sulfone groups is 1. The molecule has 0 bridgehead atoms. The van der Waals surface area contributed by atoms with Crippen LogP contribution in [0.25, 0.3) is 0 Å². The van der Waals surface area contributed by atoms with Gasteiger partial charge in [0.05, 0.1) is 22.7 Å². The van der Waals surface area contributed by atoms with Crippen molar-refractivity contribution < 1.29 is 13.2 Å². The molecule has 0 spiro atoms. The van der Waals surface area contributed by atoms with Crippen LogP contribution in [-0.2, 0) is 21.2 Å². The summed E-state index contributed by atoms with van der Waals surface area (Å²) < 4.78 is 24.8. The predicted octanol–water partition coefficient (Wildman–Crippen LogP) is 1.90. The number of amides is 1. The molecule has 1 aromatic rings. The highest BCUT2D eigenvalue weighted by atomic mass is 35.5. The van der Waals surface area contributed by atoms with Gasteiger partial charge in [-0.2, -0.15) is 5.10 Å². The van der Waals surface area contributed by atoms with E-state index in [1.807, 2.05) is 0 Å². The molecule has 10 heteroatoms. The maximum atomic E-state index is 13.0. The second-order valence-corrected chi connectivity index (χ2v) is 9.93. The lowest BCUT2D eigenvalue weighted by molar-refractivity contribution is -0.137. The molecule has 144 valence electrons. The molecule has 0 N–H and O–H groups in total. The zero-order chi connectivity index (χ0) is 18.9. The number of carbonyl (C=O) groups is 1. The van der Waals surface area contributed by atoms with Crippen molar-refractivity contribution in [2.24, 2.45) is 0 Å². The Morgan fingerprint density at radius 2 is 1.88 bits per heavy atom. The summed E-state index contributed by atoms with van der Waals surface area (Å²) in [6.45, 7) is -0.275. The Kier molecular flexibility index (Phi) is 5.94. The minimum Gasteiger partial charge on any atom is -0.334 e. The monoisotopic (exact) mass is 421 g/mol. The highest BCUT2D eigenvalue weighted by molar-refractivity contribution is 7.91. The van der Waals surface area contributed by atoms with Gasteiger partial charge in [-0.3, -0.25) is 9.59 Å². The van der Waals surface area contributed by atoms with Crippen molar-refractivity contribution >= 4 is 38.9 Å². The molecule has 1 aromatic heterocycles. The zero-order valence-electron chi connectivity index (χ0n) is 14.2. The third-order valence-corrected chi connectivity index (χ3v) is 7.58. The van der Waals surface area contributed by atoms with Gasteiger partial charge in [0.2, 0.25) is 5.91 Å². The number of hydrogen-bond acceptors (Lipinski definition) is 5. The van der Waals surface area contributed by atoms with E-state index in [0.717, 1.165) is 36.8 Å². The van der Waals surface area contributed by atoms with E-state index in [-0.39, 0.29) is 46.1 Å². The van der Waals surface area contributed by atoms with E-state index in [0.29, 0.717) is 6.42 Å². The Hall–Kier alpha value is -1.12. The number of rotatable bonds is 4. The third-order valence-electron chi connectivity index (χ3n) is 5.09. The minimum atomic E-state index is -3.12. The molecular formula is C16H21Cl2N3O4S. The van der Waals surface area contributed by atoms with Crippen LogP contribution in [0, 0.1) is 0 Å².